The summed E-state index contributed by atoms with van der Waals surface area (Å²) >= 11 is 0. The molecule has 0 saturated carbocycles. The minimum absolute atomic E-state index is 0.0275. The molecular formula is C18H26N2O3. The highest BCUT2D eigenvalue weighted by Crippen LogP contribution is 2.30. The van der Waals surface area contributed by atoms with Crippen LogP contribution in [0, 0.1) is 0 Å². The highest BCUT2D eigenvalue weighted by Gasteiger charge is 2.34. The highest BCUT2D eigenvalue weighted by molar-refractivity contribution is 5.95. The topological polar surface area (TPSA) is 59.6 Å². The number of hydrogen-bond acceptors (Lipinski definition) is 4. The zero-order valence-electron chi connectivity index (χ0n) is 13.9. The molecule has 2 bridgehead atoms. The van der Waals surface area contributed by atoms with Crippen LogP contribution >= 0.6 is 0 Å². The van der Waals surface area contributed by atoms with Gasteiger partial charge in [0.1, 0.15) is 0 Å². The fraction of sp³-hybridized carbons (Fsp3) is 0.611. The Kier molecular flexibility index (Phi) is 5.06. The molecule has 1 aromatic carbocycles. The van der Waals surface area contributed by atoms with E-state index in [1.165, 1.54) is 12.8 Å². The Morgan fingerprint density at radius 3 is 2.43 bits per heavy atom. The first kappa shape index (κ1) is 16.1. The third-order valence-corrected chi connectivity index (χ3v) is 4.61. The monoisotopic (exact) mass is 318 g/mol. The Morgan fingerprint density at radius 2 is 1.78 bits per heavy atom. The van der Waals surface area contributed by atoms with E-state index in [1.54, 1.807) is 12.1 Å². The number of carbonyl (C=O) groups excluding carboxylic acids is 1. The number of ether oxygens (including phenoxy) is 2. The number of amides is 1. The van der Waals surface area contributed by atoms with Gasteiger partial charge in [0.25, 0.3) is 5.91 Å². The van der Waals surface area contributed by atoms with Crippen LogP contribution in [0.5, 0.6) is 11.5 Å². The van der Waals surface area contributed by atoms with E-state index in [9.17, 15) is 4.79 Å². The molecule has 5 nitrogen and oxygen atoms in total. The van der Waals surface area contributed by atoms with Crippen LogP contribution in [0.4, 0.5) is 0 Å². The lowest BCUT2D eigenvalue weighted by Crippen LogP contribution is -2.48. The van der Waals surface area contributed by atoms with Crippen LogP contribution in [0.2, 0.25) is 0 Å². The Balaban J connectivity index is 1.67. The van der Waals surface area contributed by atoms with Crippen molar-refractivity contribution in [3.05, 3.63) is 23.8 Å². The second-order valence-electron chi connectivity index (χ2n) is 6.31. The number of nitrogens with one attached hydrogen (secondary N) is 2. The van der Waals surface area contributed by atoms with E-state index in [2.05, 4.69) is 10.6 Å². The average molecular weight is 318 g/mol. The lowest BCUT2D eigenvalue weighted by atomic mass is 9.99. The molecule has 5 heteroatoms. The second-order valence-corrected chi connectivity index (χ2v) is 6.31. The summed E-state index contributed by atoms with van der Waals surface area (Å²) in [6.07, 6.45) is 4.51. The van der Waals surface area contributed by atoms with Gasteiger partial charge in [-0.1, -0.05) is 0 Å². The lowest BCUT2D eigenvalue weighted by Gasteiger charge is -2.29. The molecule has 2 saturated heterocycles. The third-order valence-electron chi connectivity index (χ3n) is 4.61. The van der Waals surface area contributed by atoms with Crippen molar-refractivity contribution in [1.29, 1.82) is 0 Å². The Labute approximate surface area is 137 Å². The molecule has 0 spiro atoms. The summed E-state index contributed by atoms with van der Waals surface area (Å²) in [7, 11) is 0. The molecule has 0 radical (unpaired) electrons. The molecule has 0 aliphatic carbocycles. The third kappa shape index (κ3) is 3.78. The van der Waals surface area contributed by atoms with Crippen LogP contribution in [0.1, 0.15) is 49.9 Å². The first-order valence-corrected chi connectivity index (χ1v) is 8.66. The average Bonchev–Trinajstić information content (AvgIpc) is 2.88. The van der Waals surface area contributed by atoms with Gasteiger partial charge in [0, 0.05) is 23.7 Å². The first-order valence-electron chi connectivity index (χ1n) is 8.66. The molecule has 2 unspecified atom stereocenters. The molecule has 2 N–H and O–H groups in total. The van der Waals surface area contributed by atoms with Gasteiger partial charge < -0.3 is 20.1 Å². The second kappa shape index (κ2) is 7.21. The predicted molar refractivity (Wildman–Crippen MR) is 89.2 cm³/mol. The molecular weight excluding hydrogens is 292 g/mol. The molecule has 1 aromatic rings. The van der Waals surface area contributed by atoms with Gasteiger partial charge in [0.05, 0.1) is 13.2 Å². The number of carbonyl (C=O) groups is 1. The largest absolute Gasteiger partial charge is 0.490 e. The van der Waals surface area contributed by atoms with Crippen LogP contribution in [0.15, 0.2) is 18.2 Å². The maximum atomic E-state index is 12.5. The van der Waals surface area contributed by atoms with E-state index in [1.807, 2.05) is 19.9 Å². The fourth-order valence-electron chi connectivity index (χ4n) is 3.64. The Morgan fingerprint density at radius 1 is 1.13 bits per heavy atom. The van der Waals surface area contributed by atoms with Crippen LogP contribution in [0.3, 0.4) is 0 Å². The van der Waals surface area contributed by atoms with Crippen molar-refractivity contribution >= 4 is 5.91 Å². The van der Waals surface area contributed by atoms with Crippen LogP contribution < -0.4 is 20.1 Å². The maximum Gasteiger partial charge on any atom is 0.251 e. The van der Waals surface area contributed by atoms with E-state index in [0.29, 0.717) is 42.4 Å². The molecule has 2 aliphatic rings. The molecule has 23 heavy (non-hydrogen) atoms. The van der Waals surface area contributed by atoms with E-state index in [-0.39, 0.29) is 11.9 Å². The van der Waals surface area contributed by atoms with Crippen molar-refractivity contribution in [3.63, 3.8) is 0 Å². The van der Waals surface area contributed by atoms with Gasteiger partial charge in [0.15, 0.2) is 11.5 Å². The number of fused-ring (bicyclic) bond motifs is 2. The maximum absolute atomic E-state index is 12.5. The molecule has 3 rings (SSSR count). The molecule has 2 aliphatic heterocycles. The fourth-order valence-corrected chi connectivity index (χ4v) is 3.64. The van der Waals surface area contributed by atoms with Crippen molar-refractivity contribution < 1.29 is 14.3 Å². The Bertz CT molecular complexity index is 549. The van der Waals surface area contributed by atoms with Crippen molar-refractivity contribution in [2.45, 2.75) is 57.7 Å². The van der Waals surface area contributed by atoms with Gasteiger partial charge in [-0.25, -0.2) is 0 Å². The Hall–Kier alpha value is -1.75. The van der Waals surface area contributed by atoms with Crippen molar-refractivity contribution in [1.82, 2.24) is 10.6 Å². The van der Waals surface area contributed by atoms with Gasteiger partial charge in [-0.15, -0.1) is 0 Å². The molecule has 0 aromatic heterocycles. The van der Waals surface area contributed by atoms with Crippen LogP contribution in [-0.2, 0) is 0 Å². The minimum atomic E-state index is -0.0275. The van der Waals surface area contributed by atoms with E-state index in [4.69, 9.17) is 9.47 Å². The predicted octanol–water partition coefficient (Wildman–Crippen LogP) is 2.50. The van der Waals surface area contributed by atoms with Gasteiger partial charge in [-0.05, 0) is 57.7 Å². The number of hydrogen-bond donors (Lipinski definition) is 2. The van der Waals surface area contributed by atoms with Crippen molar-refractivity contribution in [3.8, 4) is 11.5 Å². The zero-order valence-corrected chi connectivity index (χ0v) is 13.9. The summed E-state index contributed by atoms with van der Waals surface area (Å²) in [5.74, 6) is 1.29. The molecule has 126 valence electrons. The van der Waals surface area contributed by atoms with Gasteiger partial charge in [0.2, 0.25) is 0 Å². The van der Waals surface area contributed by atoms with Crippen LogP contribution in [-0.4, -0.2) is 37.2 Å². The minimum Gasteiger partial charge on any atom is -0.490 e. The normalized spacial score (nSPS) is 25.9. The standard InChI is InChI=1S/C18H26N2O3/c1-3-22-16-8-5-12(9-17(16)23-4-2)18(21)20-15-10-13-6-7-14(11-15)19-13/h5,8-9,13-15,19H,3-4,6-7,10-11H2,1-2H3,(H,20,21). The number of rotatable bonds is 6. The molecule has 2 fully saturated rings. The van der Waals surface area contributed by atoms with Gasteiger partial charge in [-0.2, -0.15) is 0 Å². The van der Waals surface area contributed by atoms with Crippen molar-refractivity contribution in [2.24, 2.45) is 0 Å². The van der Waals surface area contributed by atoms with Gasteiger partial charge >= 0.3 is 0 Å². The van der Waals surface area contributed by atoms with E-state index in [0.717, 1.165) is 12.8 Å². The quantitative estimate of drug-likeness (QED) is 0.846. The summed E-state index contributed by atoms with van der Waals surface area (Å²) < 4.78 is 11.1. The number of piperidine rings is 1. The van der Waals surface area contributed by atoms with E-state index < -0.39 is 0 Å². The summed E-state index contributed by atoms with van der Waals surface area (Å²) in [5, 5.41) is 6.77. The van der Waals surface area contributed by atoms with Crippen LogP contribution in [0.25, 0.3) is 0 Å². The summed E-state index contributed by atoms with van der Waals surface area (Å²) in [6.45, 7) is 4.97. The molecule has 1 amide bonds. The SMILES string of the molecule is CCOc1ccc(C(=O)NC2CC3CCC(C2)N3)cc1OCC. The number of benzene rings is 1. The summed E-state index contributed by atoms with van der Waals surface area (Å²) in [5.41, 5.74) is 0.628. The molecule has 2 heterocycles. The first-order chi connectivity index (χ1) is 11.2. The lowest BCUT2D eigenvalue weighted by molar-refractivity contribution is 0.0923. The summed E-state index contributed by atoms with van der Waals surface area (Å²) in [4.78, 5) is 12.5. The highest BCUT2D eigenvalue weighted by atomic mass is 16.5. The van der Waals surface area contributed by atoms with Crippen molar-refractivity contribution in [2.75, 3.05) is 13.2 Å². The van der Waals surface area contributed by atoms with E-state index >= 15 is 0 Å². The zero-order chi connectivity index (χ0) is 16.2. The smallest absolute Gasteiger partial charge is 0.251 e. The van der Waals surface area contributed by atoms with Gasteiger partial charge in [-0.3, -0.25) is 4.79 Å². The summed E-state index contributed by atoms with van der Waals surface area (Å²) in [6, 6.07) is 6.80. The molecule has 2 atom stereocenters.